The van der Waals surface area contributed by atoms with Crippen molar-refractivity contribution in [3.63, 3.8) is 0 Å². The lowest BCUT2D eigenvalue weighted by Gasteiger charge is -2.28. The number of ether oxygens (including phenoxy) is 1. The number of H-pyrrole nitrogens is 1. The predicted octanol–water partition coefficient (Wildman–Crippen LogP) is -1.61. The summed E-state index contributed by atoms with van der Waals surface area (Å²) in [4.78, 5) is 61.1. The van der Waals surface area contributed by atoms with E-state index < -0.39 is 70.6 Å². The minimum absolute atomic E-state index is 0.424. The maximum absolute atomic E-state index is 13.8. The summed E-state index contributed by atoms with van der Waals surface area (Å²) in [5.74, 6) is 3.30. The number of rotatable bonds is 8. The van der Waals surface area contributed by atoms with Gasteiger partial charge in [-0.05, 0) is 13.8 Å². The summed E-state index contributed by atoms with van der Waals surface area (Å²) >= 11 is 0. The Bertz CT molecular complexity index is 1270. The van der Waals surface area contributed by atoms with Crippen molar-refractivity contribution in [2.24, 2.45) is 5.73 Å². The molecule has 0 bridgehead atoms. The van der Waals surface area contributed by atoms with Gasteiger partial charge < -0.3 is 35.2 Å². The fourth-order valence-corrected chi connectivity index (χ4v) is 6.17. The Hall–Kier alpha value is -1.54. The predicted molar refractivity (Wildman–Crippen MR) is 106 cm³/mol. The second kappa shape index (κ2) is 9.84. The highest BCUT2D eigenvalue weighted by Crippen LogP contribution is 2.66. The van der Waals surface area contributed by atoms with Crippen molar-refractivity contribution in [1.29, 1.82) is 0 Å². The van der Waals surface area contributed by atoms with Crippen molar-refractivity contribution in [3.8, 4) is 11.8 Å². The van der Waals surface area contributed by atoms with E-state index in [0.29, 0.717) is 10.8 Å². The Morgan fingerprint density at radius 1 is 1.24 bits per heavy atom. The Kier molecular flexibility index (Phi) is 8.31. The van der Waals surface area contributed by atoms with E-state index in [1.54, 1.807) is 4.98 Å². The van der Waals surface area contributed by atoms with Crippen LogP contribution in [0.4, 0.5) is 4.39 Å². The van der Waals surface area contributed by atoms with Crippen molar-refractivity contribution in [1.82, 2.24) is 9.55 Å². The van der Waals surface area contributed by atoms with Crippen molar-refractivity contribution in [3.05, 3.63) is 32.9 Å². The van der Waals surface area contributed by atoms with Gasteiger partial charge in [-0.1, -0.05) is 5.92 Å². The van der Waals surface area contributed by atoms with E-state index in [9.17, 15) is 42.6 Å². The number of aliphatic hydroxyl groups excluding tert-OH is 1. The van der Waals surface area contributed by atoms with Crippen LogP contribution in [0, 0.1) is 17.7 Å². The SMILES string of the molecule is CC#CC1(N)C(O)[C@@H](C(C)OP(=O)(O)OP(=O)(O)OP(=O)(O)O)O[C@H]1n1cc(F)c(=O)[nH]c1=O. The highest BCUT2D eigenvalue weighted by Gasteiger charge is 2.57. The lowest BCUT2D eigenvalue weighted by molar-refractivity contribution is -0.0757. The average Bonchev–Trinajstić information content (AvgIpc) is 2.86. The fourth-order valence-electron chi connectivity index (χ4n) is 2.97. The van der Waals surface area contributed by atoms with Crippen molar-refractivity contribution in [2.45, 2.75) is 43.9 Å². The van der Waals surface area contributed by atoms with Crippen molar-refractivity contribution < 1.29 is 60.6 Å². The number of nitrogens with one attached hydrogen (secondary N) is 1. The second-order valence-electron chi connectivity index (χ2n) is 6.75. The van der Waals surface area contributed by atoms with Gasteiger partial charge in [-0.25, -0.2) is 18.5 Å². The monoisotopic (exact) mass is 553 g/mol. The van der Waals surface area contributed by atoms with Crippen LogP contribution in [0.15, 0.2) is 15.8 Å². The second-order valence-corrected chi connectivity index (χ2v) is 11.1. The van der Waals surface area contributed by atoms with E-state index in [0.717, 1.165) is 6.92 Å². The van der Waals surface area contributed by atoms with Gasteiger partial charge in [0.1, 0.15) is 12.2 Å². The van der Waals surface area contributed by atoms with Crippen LogP contribution in [0.5, 0.6) is 0 Å². The lowest BCUT2D eigenvalue weighted by atomic mass is 9.90. The topological polar surface area (TPSA) is 270 Å². The van der Waals surface area contributed by atoms with Crippen LogP contribution in [0.1, 0.15) is 20.1 Å². The molecule has 8 N–H and O–H groups in total. The first-order valence-corrected chi connectivity index (χ1v) is 13.2. The molecule has 1 aliphatic heterocycles. The smallest absolute Gasteiger partial charge is 0.387 e. The summed E-state index contributed by atoms with van der Waals surface area (Å²) in [5, 5.41) is 10.7. The van der Waals surface area contributed by atoms with Crippen LogP contribution in [0.2, 0.25) is 0 Å². The largest absolute Gasteiger partial charge is 0.490 e. The molecule has 0 amide bonds. The first-order valence-electron chi connectivity index (χ1n) is 8.71. The third-order valence-corrected chi connectivity index (χ3v) is 8.12. The molecule has 7 atom stereocenters. The Morgan fingerprint density at radius 3 is 2.35 bits per heavy atom. The number of nitrogens with two attached hydrogens (primary N) is 1. The summed E-state index contributed by atoms with van der Waals surface area (Å²) in [5.41, 5.74) is 1.33. The van der Waals surface area contributed by atoms with Crippen LogP contribution in [0.25, 0.3) is 0 Å². The molecular formula is C13H19FN3O14P3. The first-order chi connectivity index (χ1) is 15.3. The van der Waals surface area contributed by atoms with Gasteiger partial charge in [0.05, 0.1) is 12.3 Å². The van der Waals surface area contributed by atoms with Gasteiger partial charge in [-0.3, -0.25) is 18.9 Å². The highest BCUT2D eigenvalue weighted by molar-refractivity contribution is 7.66. The maximum atomic E-state index is 13.8. The molecule has 1 aromatic heterocycles. The molecule has 1 saturated heterocycles. The minimum atomic E-state index is -5.82. The van der Waals surface area contributed by atoms with Gasteiger partial charge in [0.2, 0.25) is 5.82 Å². The van der Waals surface area contributed by atoms with Crippen molar-refractivity contribution >= 4 is 23.5 Å². The molecular weight excluding hydrogens is 534 g/mol. The molecule has 0 radical (unpaired) electrons. The van der Waals surface area contributed by atoms with E-state index in [1.165, 1.54) is 6.92 Å². The summed E-state index contributed by atoms with van der Waals surface area (Å²) < 4.78 is 65.7. The zero-order chi connectivity index (χ0) is 26.3. The maximum Gasteiger partial charge on any atom is 0.490 e. The molecule has 2 rings (SSSR count). The van der Waals surface area contributed by atoms with Crippen LogP contribution in [0.3, 0.4) is 0 Å². The number of hydrogen-bond acceptors (Lipinski definition) is 11. The molecule has 1 fully saturated rings. The van der Waals surface area contributed by atoms with E-state index in [-0.39, 0.29) is 0 Å². The number of phosphoric acid groups is 3. The minimum Gasteiger partial charge on any atom is -0.387 e. The molecule has 0 aromatic carbocycles. The standard InChI is InChI=1S/C13H19FN3O14P3/c1-3-4-13(15)9(18)8(28-11(13)17-5-7(14)10(19)16-12(17)20)6(2)29-33(24,25)31-34(26,27)30-32(21,22)23/h5-6,8-9,11,18H,15H2,1-2H3,(H,24,25)(H,26,27)(H,16,19,20)(H2,21,22,23)/t6?,8-,9?,11-,13?/m1/s1. The molecule has 34 heavy (non-hydrogen) atoms. The van der Waals surface area contributed by atoms with Gasteiger partial charge >= 0.3 is 29.2 Å². The quantitative estimate of drug-likeness (QED) is 0.141. The summed E-state index contributed by atoms with van der Waals surface area (Å²) in [6, 6.07) is 0. The molecule has 0 spiro atoms. The van der Waals surface area contributed by atoms with Gasteiger partial charge in [0, 0.05) is 0 Å². The molecule has 17 nitrogen and oxygen atoms in total. The van der Waals surface area contributed by atoms with Gasteiger partial charge in [-0.2, -0.15) is 13.0 Å². The molecule has 0 aliphatic carbocycles. The molecule has 192 valence electrons. The van der Waals surface area contributed by atoms with Gasteiger partial charge in [0.25, 0.3) is 5.56 Å². The normalized spacial score (nSPS) is 29.5. The molecule has 21 heteroatoms. The molecule has 0 saturated carbocycles. The average molecular weight is 553 g/mol. The number of halogens is 1. The molecule has 1 aliphatic rings. The summed E-state index contributed by atoms with van der Waals surface area (Å²) in [7, 11) is -17.1. The van der Waals surface area contributed by atoms with E-state index in [2.05, 4.69) is 25.0 Å². The van der Waals surface area contributed by atoms with E-state index in [4.69, 9.17) is 20.3 Å². The molecule has 1 aromatic rings. The Balaban J connectivity index is 2.36. The van der Waals surface area contributed by atoms with Gasteiger partial charge in [-0.15, -0.1) is 5.92 Å². The van der Waals surface area contributed by atoms with Crippen molar-refractivity contribution in [2.75, 3.05) is 0 Å². The third-order valence-electron chi connectivity index (χ3n) is 4.19. The van der Waals surface area contributed by atoms with Crippen LogP contribution in [-0.4, -0.2) is 58.1 Å². The van der Waals surface area contributed by atoms with Gasteiger partial charge in [0.15, 0.2) is 11.8 Å². The van der Waals surface area contributed by atoms with Crippen LogP contribution < -0.4 is 17.0 Å². The number of aromatic nitrogens is 2. The number of nitrogens with zero attached hydrogens (tertiary/aromatic N) is 1. The molecule has 2 heterocycles. The Labute approximate surface area is 188 Å². The van der Waals surface area contributed by atoms with Crippen LogP contribution >= 0.6 is 23.5 Å². The van der Waals surface area contributed by atoms with E-state index in [1.807, 2.05) is 0 Å². The zero-order valence-corrected chi connectivity index (χ0v) is 19.7. The lowest BCUT2D eigenvalue weighted by Crippen LogP contribution is -2.56. The number of aliphatic hydroxyl groups is 1. The zero-order valence-electron chi connectivity index (χ0n) is 17.0. The molecule has 5 unspecified atom stereocenters. The first kappa shape index (κ1) is 28.7. The number of aromatic amines is 1. The fraction of sp³-hybridized carbons (Fsp3) is 0.538. The Morgan fingerprint density at radius 2 is 1.82 bits per heavy atom. The summed E-state index contributed by atoms with van der Waals surface area (Å²) in [6.07, 6.45) is -6.77. The third kappa shape index (κ3) is 6.56. The van der Waals surface area contributed by atoms with Crippen LogP contribution in [-0.2, 0) is 31.6 Å². The number of hydrogen-bond donors (Lipinski definition) is 7. The summed E-state index contributed by atoms with van der Waals surface area (Å²) in [6.45, 7) is 2.27. The number of phosphoric ester groups is 1. The highest BCUT2D eigenvalue weighted by atomic mass is 31.3. The van der Waals surface area contributed by atoms with E-state index >= 15 is 0 Å².